The molecule has 180 valence electrons. The fraction of sp³-hybridized carbons (Fsp3) is 0.690. The highest BCUT2D eigenvalue weighted by Crippen LogP contribution is 2.70. The van der Waals surface area contributed by atoms with Crippen LogP contribution in [0, 0.1) is 39.8 Å². The molecule has 0 spiro atoms. The Morgan fingerprint density at radius 2 is 1.76 bits per heavy atom. The summed E-state index contributed by atoms with van der Waals surface area (Å²) in [6.07, 6.45) is 10.0. The molecule has 0 radical (unpaired) electrons. The van der Waals surface area contributed by atoms with E-state index in [-0.39, 0.29) is 28.7 Å². The van der Waals surface area contributed by atoms with Crippen LogP contribution in [0.25, 0.3) is 0 Å². The van der Waals surface area contributed by atoms with E-state index in [0.29, 0.717) is 36.4 Å². The SMILES string of the molecule is CC(=O)[C@@]1(C)CC[C@H]2[C@@H]3CC=C4CC(O)(OCc5ccc(F)cc5)CC[C@]4(C)[C@H]3CC[C@@]21C. The lowest BCUT2D eigenvalue weighted by Crippen LogP contribution is -2.54. The van der Waals surface area contributed by atoms with Crippen molar-refractivity contribution in [2.24, 2.45) is 34.0 Å². The summed E-state index contributed by atoms with van der Waals surface area (Å²) in [4.78, 5) is 12.7. The molecule has 33 heavy (non-hydrogen) atoms. The number of Topliss-reactive ketones (excluding diaryl/α,β-unsaturated/α-hetero) is 1. The quantitative estimate of drug-likeness (QED) is 0.412. The molecule has 0 aliphatic heterocycles. The van der Waals surface area contributed by atoms with E-state index in [1.807, 2.05) is 0 Å². The number of halogens is 1. The zero-order valence-corrected chi connectivity index (χ0v) is 20.6. The Labute approximate surface area is 197 Å². The van der Waals surface area contributed by atoms with E-state index in [4.69, 9.17) is 4.74 Å². The standard InChI is InChI=1S/C29H39FO3/c1-19(31)27(3)13-12-25-23-10-7-21-17-29(32,33-18-20-5-8-22(30)9-6-20)16-15-26(21,2)24(23)11-14-28(25,27)4/h5-9,23-25,32H,10-18H2,1-4H3/t23-,24+,25+,26+,27-,28+,29?/m1/s1. The topological polar surface area (TPSA) is 46.5 Å². The maximum Gasteiger partial charge on any atom is 0.169 e. The smallest absolute Gasteiger partial charge is 0.169 e. The predicted octanol–water partition coefficient (Wildman–Crippen LogP) is 6.59. The van der Waals surface area contributed by atoms with Gasteiger partial charge in [-0.2, -0.15) is 0 Å². The van der Waals surface area contributed by atoms with Crippen molar-refractivity contribution in [1.29, 1.82) is 0 Å². The number of ketones is 1. The number of fused-ring (bicyclic) bond motifs is 5. The lowest BCUT2D eigenvalue weighted by molar-refractivity contribution is -0.231. The van der Waals surface area contributed by atoms with E-state index in [2.05, 4.69) is 26.8 Å². The van der Waals surface area contributed by atoms with Gasteiger partial charge in [-0.3, -0.25) is 4.79 Å². The van der Waals surface area contributed by atoms with Crippen molar-refractivity contribution in [3.8, 4) is 0 Å². The second-order valence-electron chi connectivity index (χ2n) is 12.2. The minimum absolute atomic E-state index is 0.102. The summed E-state index contributed by atoms with van der Waals surface area (Å²) in [5.74, 6) is 0.801. The molecule has 3 fully saturated rings. The lowest BCUT2D eigenvalue weighted by atomic mass is 9.45. The summed E-state index contributed by atoms with van der Waals surface area (Å²) < 4.78 is 19.2. The summed E-state index contributed by atoms with van der Waals surface area (Å²) in [6.45, 7) is 9.12. The van der Waals surface area contributed by atoms with Gasteiger partial charge in [0.2, 0.25) is 0 Å². The fourth-order valence-corrected chi connectivity index (χ4v) is 8.39. The van der Waals surface area contributed by atoms with Gasteiger partial charge < -0.3 is 9.84 Å². The third-order valence-electron chi connectivity index (χ3n) is 10.9. The summed E-state index contributed by atoms with van der Waals surface area (Å²) in [5, 5.41) is 11.3. The van der Waals surface area contributed by atoms with Crippen LogP contribution in [0.5, 0.6) is 0 Å². The van der Waals surface area contributed by atoms with Crippen LogP contribution in [0.2, 0.25) is 0 Å². The van der Waals surface area contributed by atoms with Crippen LogP contribution in [0.4, 0.5) is 4.39 Å². The number of hydrogen-bond donors (Lipinski definition) is 1. The second-order valence-corrected chi connectivity index (χ2v) is 12.2. The molecule has 0 heterocycles. The van der Waals surface area contributed by atoms with Crippen LogP contribution < -0.4 is 0 Å². The van der Waals surface area contributed by atoms with Crippen molar-refractivity contribution >= 4 is 5.78 Å². The number of benzene rings is 1. The van der Waals surface area contributed by atoms with E-state index in [1.165, 1.54) is 24.1 Å². The first-order chi connectivity index (χ1) is 15.5. The predicted molar refractivity (Wildman–Crippen MR) is 127 cm³/mol. The first-order valence-corrected chi connectivity index (χ1v) is 12.8. The Morgan fingerprint density at radius 3 is 2.45 bits per heavy atom. The molecular weight excluding hydrogens is 415 g/mol. The number of carbonyl (C=O) groups excluding carboxylic acids is 1. The molecule has 3 saturated carbocycles. The van der Waals surface area contributed by atoms with Gasteiger partial charge in [-0.15, -0.1) is 0 Å². The second kappa shape index (κ2) is 7.75. The van der Waals surface area contributed by atoms with Gasteiger partial charge in [0.05, 0.1) is 6.61 Å². The molecule has 3 nitrogen and oxygen atoms in total. The van der Waals surface area contributed by atoms with E-state index in [0.717, 1.165) is 37.7 Å². The van der Waals surface area contributed by atoms with Crippen LogP contribution in [-0.2, 0) is 16.1 Å². The average molecular weight is 455 g/mol. The van der Waals surface area contributed by atoms with Crippen molar-refractivity contribution in [3.63, 3.8) is 0 Å². The third kappa shape index (κ3) is 3.46. The largest absolute Gasteiger partial charge is 0.365 e. The van der Waals surface area contributed by atoms with Crippen LogP contribution in [0.1, 0.15) is 84.6 Å². The zero-order valence-electron chi connectivity index (χ0n) is 20.6. The van der Waals surface area contributed by atoms with Crippen LogP contribution in [0.3, 0.4) is 0 Å². The Morgan fingerprint density at radius 1 is 1.06 bits per heavy atom. The highest BCUT2D eigenvalue weighted by atomic mass is 19.1. The molecule has 4 aliphatic carbocycles. The van der Waals surface area contributed by atoms with Crippen LogP contribution >= 0.6 is 0 Å². The molecule has 0 saturated heterocycles. The highest BCUT2D eigenvalue weighted by Gasteiger charge is 2.64. The maximum absolute atomic E-state index is 13.2. The van der Waals surface area contributed by atoms with E-state index in [9.17, 15) is 14.3 Å². The first-order valence-electron chi connectivity index (χ1n) is 12.8. The number of aliphatic hydroxyl groups is 1. The molecule has 4 heteroatoms. The van der Waals surface area contributed by atoms with Crippen molar-refractivity contribution in [2.45, 2.75) is 91.5 Å². The van der Waals surface area contributed by atoms with Gasteiger partial charge in [-0.25, -0.2) is 4.39 Å². The number of carbonyl (C=O) groups is 1. The molecular formula is C29H39FO3. The van der Waals surface area contributed by atoms with Gasteiger partial charge in [0, 0.05) is 18.3 Å². The summed E-state index contributed by atoms with van der Waals surface area (Å²) >= 11 is 0. The highest BCUT2D eigenvalue weighted by molar-refractivity contribution is 5.83. The number of allylic oxidation sites excluding steroid dienone is 1. The Balaban J connectivity index is 1.34. The monoisotopic (exact) mass is 454 g/mol. The molecule has 7 atom stereocenters. The van der Waals surface area contributed by atoms with Gasteiger partial charge in [-0.05, 0) is 91.7 Å². The van der Waals surface area contributed by atoms with Gasteiger partial charge in [0.15, 0.2) is 5.79 Å². The van der Waals surface area contributed by atoms with E-state index in [1.54, 1.807) is 19.1 Å². The third-order valence-corrected chi connectivity index (χ3v) is 10.9. The minimum atomic E-state index is -1.16. The molecule has 1 N–H and O–H groups in total. The average Bonchev–Trinajstić information content (AvgIpc) is 3.06. The molecule has 1 aromatic carbocycles. The van der Waals surface area contributed by atoms with Gasteiger partial charge >= 0.3 is 0 Å². The number of rotatable bonds is 4. The molecule has 0 amide bonds. The van der Waals surface area contributed by atoms with Gasteiger partial charge in [0.1, 0.15) is 11.6 Å². The van der Waals surface area contributed by atoms with Crippen molar-refractivity contribution < 1.29 is 19.0 Å². The fourth-order valence-electron chi connectivity index (χ4n) is 8.39. The first kappa shape index (κ1) is 23.2. The normalized spacial score (nSPS) is 44.4. The van der Waals surface area contributed by atoms with Gasteiger partial charge in [-0.1, -0.05) is 44.6 Å². The van der Waals surface area contributed by atoms with Crippen LogP contribution in [0.15, 0.2) is 35.9 Å². The lowest BCUT2D eigenvalue weighted by Gasteiger charge is -2.60. The van der Waals surface area contributed by atoms with Crippen molar-refractivity contribution in [3.05, 3.63) is 47.3 Å². The summed E-state index contributed by atoms with van der Waals surface area (Å²) in [7, 11) is 0. The van der Waals surface area contributed by atoms with E-state index < -0.39 is 5.79 Å². The van der Waals surface area contributed by atoms with Crippen LogP contribution in [-0.4, -0.2) is 16.7 Å². The molecule has 1 unspecified atom stereocenters. The Bertz CT molecular complexity index is 970. The number of ether oxygens (including phenoxy) is 1. The summed E-state index contributed by atoms with van der Waals surface area (Å²) in [5.41, 5.74) is 2.25. The molecule has 5 rings (SSSR count). The molecule has 0 bridgehead atoms. The maximum atomic E-state index is 13.2. The zero-order chi connectivity index (χ0) is 23.6. The number of hydrogen-bond acceptors (Lipinski definition) is 3. The summed E-state index contributed by atoms with van der Waals surface area (Å²) in [6, 6.07) is 6.29. The van der Waals surface area contributed by atoms with Crippen molar-refractivity contribution in [2.75, 3.05) is 0 Å². The minimum Gasteiger partial charge on any atom is -0.365 e. The van der Waals surface area contributed by atoms with Gasteiger partial charge in [0.25, 0.3) is 0 Å². The molecule has 0 aromatic heterocycles. The van der Waals surface area contributed by atoms with E-state index >= 15 is 0 Å². The van der Waals surface area contributed by atoms with Crippen molar-refractivity contribution in [1.82, 2.24) is 0 Å². The Hall–Kier alpha value is -1.52. The Kier molecular flexibility index (Phi) is 5.45. The molecule has 1 aromatic rings. The molecule has 4 aliphatic rings.